The van der Waals surface area contributed by atoms with Crippen LogP contribution in [0.5, 0.6) is 0 Å². The first-order chi connectivity index (χ1) is 6.76. The molecule has 0 aliphatic carbocycles. The predicted octanol–water partition coefficient (Wildman–Crippen LogP) is 1.65. The molecule has 1 fully saturated rings. The largest absolute Gasteiger partial charge is 0.378 e. The first-order valence-corrected chi connectivity index (χ1v) is 5.49. The van der Waals surface area contributed by atoms with Crippen molar-refractivity contribution in [2.45, 2.75) is 32.8 Å². The van der Waals surface area contributed by atoms with Gasteiger partial charge < -0.3 is 9.64 Å². The van der Waals surface area contributed by atoms with Crippen LogP contribution in [-0.2, 0) is 4.74 Å². The van der Waals surface area contributed by atoms with Crippen molar-refractivity contribution in [2.75, 3.05) is 26.2 Å². The number of nitrogens with zero attached hydrogens (tertiary/aromatic N) is 2. The molecule has 1 saturated heterocycles. The van der Waals surface area contributed by atoms with Crippen LogP contribution in [0.1, 0.15) is 26.7 Å². The van der Waals surface area contributed by atoms with Crippen LogP contribution in [0.2, 0.25) is 0 Å². The molecule has 0 radical (unpaired) electrons. The van der Waals surface area contributed by atoms with E-state index >= 15 is 0 Å². The van der Waals surface area contributed by atoms with Crippen molar-refractivity contribution in [1.82, 2.24) is 4.90 Å². The van der Waals surface area contributed by atoms with Gasteiger partial charge in [-0.15, -0.1) is 0 Å². The van der Waals surface area contributed by atoms with Gasteiger partial charge in [-0.3, -0.25) is 0 Å². The number of hydrogen-bond acceptors (Lipinski definition) is 3. The first-order valence-electron chi connectivity index (χ1n) is 5.49. The van der Waals surface area contributed by atoms with Crippen LogP contribution in [0.4, 0.5) is 0 Å². The Morgan fingerprint density at radius 1 is 1.50 bits per heavy atom. The van der Waals surface area contributed by atoms with Crippen LogP contribution in [0.15, 0.2) is 0 Å². The van der Waals surface area contributed by atoms with Crippen LogP contribution < -0.4 is 0 Å². The van der Waals surface area contributed by atoms with E-state index < -0.39 is 0 Å². The van der Waals surface area contributed by atoms with E-state index in [1.54, 1.807) is 0 Å². The second-order valence-electron chi connectivity index (χ2n) is 3.99. The highest BCUT2D eigenvalue weighted by Crippen LogP contribution is 2.14. The van der Waals surface area contributed by atoms with E-state index in [2.05, 4.69) is 11.0 Å². The minimum atomic E-state index is 0.152. The molecular formula is C11H20N2O. The number of piperidine rings is 1. The molecular weight excluding hydrogens is 176 g/mol. The maximum Gasteiger partial charge on any atom is 0.0666 e. The molecule has 1 aliphatic rings. The third-order valence-electron chi connectivity index (χ3n) is 2.69. The second-order valence-corrected chi connectivity index (χ2v) is 3.99. The molecule has 1 aliphatic heterocycles. The van der Waals surface area contributed by atoms with Gasteiger partial charge in [0.05, 0.1) is 18.1 Å². The van der Waals surface area contributed by atoms with Gasteiger partial charge in [-0.25, -0.2) is 0 Å². The monoisotopic (exact) mass is 196 g/mol. The van der Waals surface area contributed by atoms with E-state index in [9.17, 15) is 0 Å². The fourth-order valence-electron chi connectivity index (χ4n) is 1.92. The molecule has 0 aromatic rings. The first kappa shape index (κ1) is 11.5. The van der Waals surface area contributed by atoms with Gasteiger partial charge in [0.1, 0.15) is 0 Å². The molecule has 1 rings (SSSR count). The molecule has 0 spiro atoms. The molecule has 14 heavy (non-hydrogen) atoms. The van der Waals surface area contributed by atoms with E-state index in [1.165, 1.54) is 0 Å². The molecule has 0 saturated carbocycles. The lowest BCUT2D eigenvalue weighted by Gasteiger charge is -2.32. The highest BCUT2D eigenvalue weighted by molar-refractivity contribution is 4.83. The number of rotatable bonds is 4. The van der Waals surface area contributed by atoms with Crippen molar-refractivity contribution < 1.29 is 4.74 Å². The molecule has 1 unspecified atom stereocenters. The molecule has 1 atom stereocenters. The lowest BCUT2D eigenvalue weighted by molar-refractivity contribution is 0.0128. The zero-order valence-corrected chi connectivity index (χ0v) is 9.20. The Kier molecular flexibility index (Phi) is 4.92. The summed E-state index contributed by atoms with van der Waals surface area (Å²) in [6.45, 7) is 7.92. The van der Waals surface area contributed by atoms with Gasteiger partial charge in [-0.1, -0.05) is 0 Å². The van der Waals surface area contributed by atoms with Crippen molar-refractivity contribution in [3.8, 4) is 6.07 Å². The van der Waals surface area contributed by atoms with Crippen molar-refractivity contribution in [3.05, 3.63) is 0 Å². The normalized spacial score (nSPS) is 21.8. The number of likely N-dealkylation sites (tertiary alicyclic amines) is 1. The third kappa shape index (κ3) is 3.65. The van der Waals surface area contributed by atoms with Crippen molar-refractivity contribution in [2.24, 2.45) is 5.92 Å². The summed E-state index contributed by atoms with van der Waals surface area (Å²) >= 11 is 0. The lowest BCUT2D eigenvalue weighted by Crippen LogP contribution is -2.39. The van der Waals surface area contributed by atoms with Crippen molar-refractivity contribution in [1.29, 1.82) is 5.26 Å². The maximum absolute atomic E-state index is 8.70. The lowest BCUT2D eigenvalue weighted by atomic mass is 10.1. The Morgan fingerprint density at radius 2 is 2.14 bits per heavy atom. The quantitative estimate of drug-likeness (QED) is 0.686. The van der Waals surface area contributed by atoms with E-state index in [0.29, 0.717) is 6.10 Å². The summed E-state index contributed by atoms with van der Waals surface area (Å²) < 4.78 is 5.57. The summed E-state index contributed by atoms with van der Waals surface area (Å²) in [5.74, 6) is 0.152. The summed E-state index contributed by atoms with van der Waals surface area (Å²) in [5, 5.41) is 8.70. The molecule has 3 heteroatoms. The zero-order chi connectivity index (χ0) is 10.4. The van der Waals surface area contributed by atoms with Crippen LogP contribution >= 0.6 is 0 Å². The molecule has 0 N–H and O–H groups in total. The van der Waals surface area contributed by atoms with Gasteiger partial charge >= 0.3 is 0 Å². The topological polar surface area (TPSA) is 36.3 Å². The number of hydrogen-bond donors (Lipinski definition) is 0. The Bertz CT molecular complexity index is 192. The van der Waals surface area contributed by atoms with Crippen molar-refractivity contribution in [3.63, 3.8) is 0 Å². The van der Waals surface area contributed by atoms with Crippen LogP contribution in [0.25, 0.3) is 0 Å². The van der Waals surface area contributed by atoms with E-state index in [-0.39, 0.29) is 5.92 Å². The minimum Gasteiger partial charge on any atom is -0.378 e. The molecule has 1 heterocycles. The van der Waals surface area contributed by atoms with Crippen molar-refractivity contribution >= 4 is 0 Å². The molecule has 0 aromatic heterocycles. The average Bonchev–Trinajstić information content (AvgIpc) is 2.21. The zero-order valence-electron chi connectivity index (χ0n) is 9.20. The summed E-state index contributed by atoms with van der Waals surface area (Å²) in [6, 6.07) is 2.28. The summed E-state index contributed by atoms with van der Waals surface area (Å²) in [7, 11) is 0. The third-order valence-corrected chi connectivity index (χ3v) is 2.69. The van der Waals surface area contributed by atoms with Gasteiger partial charge in [0.25, 0.3) is 0 Å². The number of nitriles is 1. The summed E-state index contributed by atoms with van der Waals surface area (Å²) in [6.07, 6.45) is 2.69. The highest BCUT2D eigenvalue weighted by atomic mass is 16.5. The Labute approximate surface area is 86.6 Å². The minimum absolute atomic E-state index is 0.152. The molecule has 0 amide bonds. The Morgan fingerprint density at radius 3 is 2.64 bits per heavy atom. The Balaban J connectivity index is 2.19. The van der Waals surface area contributed by atoms with Gasteiger partial charge in [-0.2, -0.15) is 5.26 Å². The molecule has 3 nitrogen and oxygen atoms in total. The van der Waals surface area contributed by atoms with Gasteiger partial charge in [0.2, 0.25) is 0 Å². The van der Waals surface area contributed by atoms with Crippen LogP contribution in [0, 0.1) is 17.2 Å². The van der Waals surface area contributed by atoms with Gasteiger partial charge in [0, 0.05) is 26.2 Å². The molecule has 0 bridgehead atoms. The fraction of sp³-hybridized carbons (Fsp3) is 0.909. The highest BCUT2D eigenvalue weighted by Gasteiger charge is 2.20. The van der Waals surface area contributed by atoms with E-state index in [0.717, 1.165) is 39.1 Å². The second kappa shape index (κ2) is 6.00. The average molecular weight is 196 g/mol. The van der Waals surface area contributed by atoms with Crippen LogP contribution in [-0.4, -0.2) is 37.2 Å². The van der Waals surface area contributed by atoms with E-state index in [4.69, 9.17) is 10.00 Å². The fourth-order valence-corrected chi connectivity index (χ4v) is 1.92. The standard InChI is InChI=1S/C11H20N2O/c1-3-14-11-4-6-13(7-5-11)9-10(2)8-12/h10-11H,3-7,9H2,1-2H3. The Hall–Kier alpha value is -0.590. The van der Waals surface area contributed by atoms with E-state index in [1.807, 2.05) is 13.8 Å². The predicted molar refractivity (Wildman–Crippen MR) is 55.9 cm³/mol. The number of ether oxygens (including phenoxy) is 1. The summed E-state index contributed by atoms with van der Waals surface area (Å²) in [5.41, 5.74) is 0. The van der Waals surface area contributed by atoms with Gasteiger partial charge in [-0.05, 0) is 26.7 Å². The summed E-state index contributed by atoms with van der Waals surface area (Å²) in [4.78, 5) is 2.36. The molecule has 80 valence electrons. The SMILES string of the molecule is CCOC1CCN(CC(C)C#N)CC1. The maximum atomic E-state index is 8.70. The van der Waals surface area contributed by atoms with Gasteiger partial charge in [0.15, 0.2) is 0 Å². The smallest absolute Gasteiger partial charge is 0.0666 e. The molecule has 0 aromatic carbocycles. The van der Waals surface area contributed by atoms with Crippen LogP contribution in [0.3, 0.4) is 0 Å².